The molecule has 0 aliphatic rings. The van der Waals surface area contributed by atoms with Crippen molar-refractivity contribution < 1.29 is 19.4 Å². The van der Waals surface area contributed by atoms with Gasteiger partial charge in [-0.1, -0.05) is 19.4 Å². The first-order valence-corrected chi connectivity index (χ1v) is 7.30. The Balaban J connectivity index is 2.71. The summed E-state index contributed by atoms with van der Waals surface area (Å²) in [5.74, 6) is 0.840. The summed E-state index contributed by atoms with van der Waals surface area (Å²) in [6, 6.07) is 5.17. The minimum atomic E-state index is -0.604. The predicted molar refractivity (Wildman–Crippen MR) is 81.6 cm³/mol. The Morgan fingerprint density at radius 3 is 2.62 bits per heavy atom. The van der Waals surface area contributed by atoms with Gasteiger partial charge in [-0.25, -0.2) is 0 Å². The SMILES string of the molecule is CCCCNC(=O)C(C)Oc1ccc([C@@H](C)O)cc1OC. The third-order valence-electron chi connectivity index (χ3n) is 3.17. The van der Waals surface area contributed by atoms with Gasteiger partial charge in [-0.15, -0.1) is 0 Å². The van der Waals surface area contributed by atoms with Crippen LogP contribution in [0.5, 0.6) is 11.5 Å². The van der Waals surface area contributed by atoms with Gasteiger partial charge in [-0.2, -0.15) is 0 Å². The Bertz CT molecular complexity index is 460. The highest BCUT2D eigenvalue weighted by molar-refractivity contribution is 5.80. The maximum Gasteiger partial charge on any atom is 0.260 e. The molecule has 0 fully saturated rings. The second kappa shape index (κ2) is 8.52. The van der Waals surface area contributed by atoms with E-state index < -0.39 is 12.2 Å². The first-order valence-electron chi connectivity index (χ1n) is 7.30. The van der Waals surface area contributed by atoms with Crippen LogP contribution in [0.3, 0.4) is 0 Å². The van der Waals surface area contributed by atoms with Crippen molar-refractivity contribution in [2.75, 3.05) is 13.7 Å². The molecule has 0 saturated carbocycles. The molecule has 0 radical (unpaired) electrons. The van der Waals surface area contributed by atoms with E-state index in [1.54, 1.807) is 32.0 Å². The predicted octanol–water partition coefficient (Wildman–Crippen LogP) is 2.43. The van der Waals surface area contributed by atoms with Gasteiger partial charge in [0.05, 0.1) is 13.2 Å². The third kappa shape index (κ3) is 5.27. The molecule has 0 heterocycles. The van der Waals surface area contributed by atoms with Crippen molar-refractivity contribution in [2.45, 2.75) is 45.8 Å². The van der Waals surface area contributed by atoms with Gasteiger partial charge in [-0.05, 0) is 38.0 Å². The fourth-order valence-corrected chi connectivity index (χ4v) is 1.82. The lowest BCUT2D eigenvalue weighted by atomic mass is 10.1. The van der Waals surface area contributed by atoms with Crippen molar-refractivity contribution in [3.05, 3.63) is 23.8 Å². The molecule has 0 saturated heterocycles. The Hall–Kier alpha value is -1.75. The van der Waals surface area contributed by atoms with Crippen molar-refractivity contribution >= 4 is 5.91 Å². The lowest BCUT2D eigenvalue weighted by molar-refractivity contribution is -0.127. The Kier molecular flexibility index (Phi) is 7.02. The topological polar surface area (TPSA) is 67.8 Å². The van der Waals surface area contributed by atoms with Gasteiger partial charge in [0, 0.05) is 6.54 Å². The number of carbonyl (C=O) groups is 1. The minimum absolute atomic E-state index is 0.148. The molecule has 2 atom stereocenters. The van der Waals surface area contributed by atoms with Crippen molar-refractivity contribution in [1.29, 1.82) is 0 Å². The van der Waals surface area contributed by atoms with E-state index in [0.717, 1.165) is 18.4 Å². The number of aliphatic hydroxyl groups excluding tert-OH is 1. The van der Waals surface area contributed by atoms with Crippen LogP contribution in [0.1, 0.15) is 45.3 Å². The summed E-state index contributed by atoms with van der Waals surface area (Å²) >= 11 is 0. The molecule has 0 aliphatic heterocycles. The molecule has 0 aliphatic carbocycles. The van der Waals surface area contributed by atoms with Crippen molar-refractivity contribution in [1.82, 2.24) is 5.32 Å². The van der Waals surface area contributed by atoms with Crippen molar-refractivity contribution in [2.24, 2.45) is 0 Å². The maximum absolute atomic E-state index is 11.9. The molecular weight excluding hydrogens is 270 g/mol. The van der Waals surface area contributed by atoms with Crippen molar-refractivity contribution in [3.63, 3.8) is 0 Å². The van der Waals surface area contributed by atoms with Gasteiger partial charge in [0.1, 0.15) is 0 Å². The van der Waals surface area contributed by atoms with Crippen LogP contribution in [-0.2, 0) is 4.79 Å². The number of methoxy groups -OCH3 is 1. The summed E-state index contributed by atoms with van der Waals surface area (Å²) in [4.78, 5) is 11.9. The number of aliphatic hydroxyl groups is 1. The molecule has 1 aromatic rings. The highest BCUT2D eigenvalue weighted by Crippen LogP contribution is 2.31. The van der Waals surface area contributed by atoms with Gasteiger partial charge in [-0.3, -0.25) is 4.79 Å². The Morgan fingerprint density at radius 1 is 1.33 bits per heavy atom. The monoisotopic (exact) mass is 295 g/mol. The zero-order valence-corrected chi connectivity index (χ0v) is 13.2. The van der Waals surface area contributed by atoms with E-state index in [4.69, 9.17) is 9.47 Å². The second-order valence-corrected chi connectivity index (χ2v) is 4.99. The largest absolute Gasteiger partial charge is 0.493 e. The quantitative estimate of drug-likeness (QED) is 0.723. The number of unbranched alkanes of at least 4 members (excludes halogenated alkanes) is 1. The second-order valence-electron chi connectivity index (χ2n) is 4.99. The maximum atomic E-state index is 11.9. The first-order chi connectivity index (χ1) is 9.99. The molecule has 5 nitrogen and oxygen atoms in total. The van der Waals surface area contributed by atoms with Gasteiger partial charge in [0.25, 0.3) is 5.91 Å². The number of amides is 1. The van der Waals surface area contributed by atoms with Crippen LogP contribution in [0, 0.1) is 0 Å². The van der Waals surface area contributed by atoms with Crippen LogP contribution in [-0.4, -0.2) is 30.8 Å². The van der Waals surface area contributed by atoms with E-state index in [0.29, 0.717) is 18.0 Å². The number of hydrogen-bond acceptors (Lipinski definition) is 4. The molecule has 5 heteroatoms. The van der Waals surface area contributed by atoms with Crippen LogP contribution < -0.4 is 14.8 Å². The molecule has 1 unspecified atom stereocenters. The van der Waals surface area contributed by atoms with Gasteiger partial charge in [0.15, 0.2) is 17.6 Å². The zero-order valence-electron chi connectivity index (χ0n) is 13.2. The summed E-state index contributed by atoms with van der Waals surface area (Å²) in [6.45, 7) is 6.10. The van der Waals surface area contributed by atoms with E-state index >= 15 is 0 Å². The Morgan fingerprint density at radius 2 is 2.05 bits per heavy atom. The number of carbonyl (C=O) groups excluding carboxylic acids is 1. The number of nitrogens with one attached hydrogen (secondary N) is 1. The molecule has 21 heavy (non-hydrogen) atoms. The molecule has 0 bridgehead atoms. The highest BCUT2D eigenvalue weighted by Gasteiger charge is 2.17. The van der Waals surface area contributed by atoms with Crippen LogP contribution >= 0.6 is 0 Å². The third-order valence-corrected chi connectivity index (χ3v) is 3.17. The molecular formula is C16H25NO4. The standard InChI is InChI=1S/C16H25NO4/c1-5-6-9-17-16(19)12(3)21-14-8-7-13(11(2)18)10-15(14)20-4/h7-8,10-12,18H,5-6,9H2,1-4H3,(H,17,19)/t11-,12?/m1/s1. The van der Waals surface area contributed by atoms with Crippen LogP contribution in [0.25, 0.3) is 0 Å². The van der Waals surface area contributed by atoms with Gasteiger partial charge in [0.2, 0.25) is 0 Å². The average molecular weight is 295 g/mol. The molecule has 0 spiro atoms. The molecule has 1 aromatic carbocycles. The molecule has 2 N–H and O–H groups in total. The van der Waals surface area contributed by atoms with E-state index in [9.17, 15) is 9.90 Å². The Labute approximate surface area is 126 Å². The summed E-state index contributed by atoms with van der Waals surface area (Å²) in [5, 5.41) is 12.4. The van der Waals surface area contributed by atoms with Crippen molar-refractivity contribution in [3.8, 4) is 11.5 Å². The minimum Gasteiger partial charge on any atom is -0.493 e. The zero-order chi connectivity index (χ0) is 15.8. The number of rotatable bonds is 8. The molecule has 0 aromatic heterocycles. The molecule has 1 amide bonds. The van der Waals surface area contributed by atoms with E-state index in [1.165, 1.54) is 7.11 Å². The number of ether oxygens (including phenoxy) is 2. The fraction of sp³-hybridized carbons (Fsp3) is 0.562. The van der Waals surface area contributed by atoms with Crippen LogP contribution in [0.4, 0.5) is 0 Å². The average Bonchev–Trinajstić information content (AvgIpc) is 2.47. The highest BCUT2D eigenvalue weighted by atomic mass is 16.5. The summed E-state index contributed by atoms with van der Waals surface area (Å²) in [7, 11) is 1.53. The van der Waals surface area contributed by atoms with Crippen LogP contribution in [0.15, 0.2) is 18.2 Å². The van der Waals surface area contributed by atoms with Gasteiger partial charge < -0.3 is 19.9 Å². The summed E-state index contributed by atoms with van der Waals surface area (Å²) < 4.78 is 10.9. The van der Waals surface area contributed by atoms with E-state index in [2.05, 4.69) is 12.2 Å². The molecule has 1 rings (SSSR count). The van der Waals surface area contributed by atoms with Gasteiger partial charge >= 0.3 is 0 Å². The lowest BCUT2D eigenvalue weighted by Crippen LogP contribution is -2.36. The summed E-state index contributed by atoms with van der Waals surface area (Å²) in [5.41, 5.74) is 0.735. The van der Waals surface area contributed by atoms with E-state index in [1.807, 2.05) is 0 Å². The smallest absolute Gasteiger partial charge is 0.260 e. The van der Waals surface area contributed by atoms with Crippen LogP contribution in [0.2, 0.25) is 0 Å². The van der Waals surface area contributed by atoms with E-state index in [-0.39, 0.29) is 5.91 Å². The lowest BCUT2D eigenvalue weighted by Gasteiger charge is -2.17. The fourth-order valence-electron chi connectivity index (χ4n) is 1.82. The number of hydrogen-bond donors (Lipinski definition) is 2. The molecule has 118 valence electrons. The number of benzene rings is 1. The first kappa shape index (κ1) is 17.3. The normalized spacial score (nSPS) is 13.4. The summed E-state index contributed by atoms with van der Waals surface area (Å²) in [6.07, 6.45) is 0.797.